The highest BCUT2D eigenvalue weighted by Crippen LogP contribution is 2.07. The lowest BCUT2D eigenvalue weighted by Gasteiger charge is -2.26. The number of aliphatic hydroxyl groups is 1. The minimum atomic E-state index is -0.457. The van der Waals surface area contributed by atoms with Gasteiger partial charge in [0.2, 0.25) is 0 Å². The van der Waals surface area contributed by atoms with Gasteiger partial charge in [0.1, 0.15) is 11.6 Å². The summed E-state index contributed by atoms with van der Waals surface area (Å²) < 4.78 is 17.9. The zero-order valence-corrected chi connectivity index (χ0v) is 11.7. The summed E-state index contributed by atoms with van der Waals surface area (Å²) in [5.74, 6) is -0.167. The molecule has 2 N–H and O–H groups in total. The Hall–Kier alpha value is -1.73. The van der Waals surface area contributed by atoms with Gasteiger partial charge in [-0.05, 0) is 26.0 Å². The van der Waals surface area contributed by atoms with Gasteiger partial charge in [-0.1, -0.05) is 0 Å². The van der Waals surface area contributed by atoms with Crippen LogP contribution in [-0.4, -0.2) is 53.4 Å². The molecule has 20 heavy (non-hydrogen) atoms. The van der Waals surface area contributed by atoms with Crippen LogP contribution in [0.1, 0.15) is 13.8 Å². The monoisotopic (exact) mass is 285 g/mol. The molecule has 1 aromatic heterocycles. The van der Waals surface area contributed by atoms with Gasteiger partial charge in [0.25, 0.3) is 0 Å². The Morgan fingerprint density at radius 3 is 2.80 bits per heavy atom. The smallest absolute Gasteiger partial charge is 0.323 e. The predicted molar refractivity (Wildman–Crippen MR) is 73.0 cm³/mol. The van der Waals surface area contributed by atoms with Crippen LogP contribution in [-0.2, 0) is 4.74 Å². The number of rotatable bonds is 7. The maximum atomic E-state index is 12.7. The van der Waals surface area contributed by atoms with E-state index in [0.717, 1.165) is 6.20 Å². The number of halogens is 1. The number of carbonyl (C=O) groups is 1. The van der Waals surface area contributed by atoms with Crippen molar-refractivity contribution in [1.82, 2.24) is 9.88 Å². The fourth-order valence-electron chi connectivity index (χ4n) is 1.55. The van der Waals surface area contributed by atoms with Crippen molar-refractivity contribution in [3.05, 3.63) is 24.1 Å². The summed E-state index contributed by atoms with van der Waals surface area (Å²) in [6.07, 6.45) is 1.04. The Kier molecular flexibility index (Phi) is 6.89. The third-order valence-electron chi connectivity index (χ3n) is 2.56. The molecule has 112 valence electrons. The third kappa shape index (κ3) is 5.50. The van der Waals surface area contributed by atoms with E-state index in [1.54, 1.807) is 4.90 Å². The van der Waals surface area contributed by atoms with E-state index in [4.69, 9.17) is 9.84 Å². The van der Waals surface area contributed by atoms with Crippen molar-refractivity contribution in [2.45, 2.75) is 19.9 Å². The van der Waals surface area contributed by atoms with E-state index < -0.39 is 5.82 Å². The second kappa shape index (κ2) is 8.44. The van der Waals surface area contributed by atoms with Crippen molar-refractivity contribution >= 4 is 11.8 Å². The molecule has 0 unspecified atom stereocenters. The molecule has 1 heterocycles. The Bertz CT molecular complexity index is 412. The quantitative estimate of drug-likeness (QED) is 0.744. The van der Waals surface area contributed by atoms with E-state index in [1.165, 1.54) is 12.1 Å². The predicted octanol–water partition coefficient (Wildman–Crippen LogP) is 1.47. The number of nitrogens with zero attached hydrogens (tertiary/aromatic N) is 2. The number of aromatic nitrogens is 1. The Morgan fingerprint density at radius 2 is 2.25 bits per heavy atom. The Balaban J connectivity index is 2.53. The summed E-state index contributed by atoms with van der Waals surface area (Å²) in [7, 11) is 0. The SMILES string of the molecule is CC(C)N(CCOCCO)C(=O)Nc1ccc(F)cn1. The fraction of sp³-hybridized carbons (Fsp3) is 0.538. The summed E-state index contributed by atoms with van der Waals surface area (Å²) in [6, 6.07) is 2.28. The maximum Gasteiger partial charge on any atom is 0.323 e. The lowest BCUT2D eigenvalue weighted by molar-refractivity contribution is 0.0757. The normalized spacial score (nSPS) is 10.7. The minimum absolute atomic E-state index is 0.0202. The number of carbonyl (C=O) groups excluding carboxylic acids is 1. The number of hydrogen-bond acceptors (Lipinski definition) is 4. The van der Waals surface area contributed by atoms with Gasteiger partial charge < -0.3 is 14.7 Å². The largest absolute Gasteiger partial charge is 0.394 e. The van der Waals surface area contributed by atoms with E-state index in [9.17, 15) is 9.18 Å². The summed E-state index contributed by atoms with van der Waals surface area (Å²) in [5, 5.41) is 11.2. The van der Waals surface area contributed by atoms with Crippen LogP contribution in [0.5, 0.6) is 0 Å². The fourth-order valence-corrected chi connectivity index (χ4v) is 1.55. The number of hydrogen-bond donors (Lipinski definition) is 2. The molecule has 0 aliphatic rings. The molecule has 0 radical (unpaired) electrons. The Labute approximate surface area is 117 Å². The summed E-state index contributed by atoms with van der Waals surface area (Å²) in [4.78, 5) is 17.4. The third-order valence-corrected chi connectivity index (χ3v) is 2.56. The van der Waals surface area contributed by atoms with E-state index in [2.05, 4.69) is 10.3 Å². The first-order valence-electron chi connectivity index (χ1n) is 6.42. The number of ether oxygens (including phenoxy) is 1. The number of anilines is 1. The summed E-state index contributed by atoms with van der Waals surface area (Å²) in [6.45, 7) is 4.68. The van der Waals surface area contributed by atoms with Crippen LogP contribution in [0.15, 0.2) is 18.3 Å². The molecule has 0 bridgehead atoms. The van der Waals surface area contributed by atoms with Crippen LogP contribution in [0.4, 0.5) is 15.0 Å². The van der Waals surface area contributed by atoms with Gasteiger partial charge in [0, 0.05) is 12.6 Å². The number of nitrogens with one attached hydrogen (secondary N) is 1. The molecule has 1 rings (SSSR count). The number of pyridine rings is 1. The minimum Gasteiger partial charge on any atom is -0.394 e. The van der Waals surface area contributed by atoms with Gasteiger partial charge in [-0.15, -0.1) is 0 Å². The van der Waals surface area contributed by atoms with Crippen LogP contribution in [0.3, 0.4) is 0 Å². The highest BCUT2D eigenvalue weighted by atomic mass is 19.1. The molecule has 1 aromatic rings. The topological polar surface area (TPSA) is 74.7 Å². The standard InChI is InChI=1S/C13H20FN3O3/c1-10(2)17(5-7-20-8-6-18)13(19)16-12-4-3-11(14)9-15-12/h3-4,9-10,18H,5-8H2,1-2H3,(H,15,16,19). The van der Waals surface area contributed by atoms with Crippen molar-refractivity contribution in [2.24, 2.45) is 0 Å². The number of amides is 2. The highest BCUT2D eigenvalue weighted by molar-refractivity contribution is 5.88. The molecule has 0 saturated heterocycles. The molecular formula is C13H20FN3O3. The second-order valence-electron chi connectivity index (χ2n) is 4.41. The first-order chi connectivity index (χ1) is 9.54. The van der Waals surface area contributed by atoms with Crippen molar-refractivity contribution < 1.29 is 19.0 Å². The first-order valence-corrected chi connectivity index (χ1v) is 6.42. The molecule has 0 aliphatic heterocycles. The number of aliphatic hydroxyl groups excluding tert-OH is 1. The lowest BCUT2D eigenvalue weighted by atomic mass is 10.3. The first kappa shape index (κ1) is 16.3. The Morgan fingerprint density at radius 1 is 1.50 bits per heavy atom. The molecule has 2 amide bonds. The molecule has 7 heteroatoms. The molecule has 6 nitrogen and oxygen atoms in total. The van der Waals surface area contributed by atoms with Crippen molar-refractivity contribution in [2.75, 3.05) is 31.7 Å². The molecule has 0 atom stereocenters. The molecule has 0 fully saturated rings. The summed E-state index contributed by atoms with van der Waals surface area (Å²) in [5.41, 5.74) is 0. The zero-order chi connectivity index (χ0) is 15.0. The van der Waals surface area contributed by atoms with Gasteiger partial charge in [0.15, 0.2) is 0 Å². The molecule has 0 aliphatic carbocycles. The maximum absolute atomic E-state index is 12.7. The van der Waals surface area contributed by atoms with Gasteiger partial charge in [0.05, 0.1) is 26.0 Å². The van der Waals surface area contributed by atoms with E-state index >= 15 is 0 Å². The van der Waals surface area contributed by atoms with Gasteiger partial charge in [-0.25, -0.2) is 14.2 Å². The number of urea groups is 1. The van der Waals surface area contributed by atoms with Crippen LogP contribution in [0.25, 0.3) is 0 Å². The lowest BCUT2D eigenvalue weighted by Crippen LogP contribution is -2.42. The zero-order valence-electron chi connectivity index (χ0n) is 11.7. The highest BCUT2D eigenvalue weighted by Gasteiger charge is 2.17. The van der Waals surface area contributed by atoms with Gasteiger partial charge in [-0.3, -0.25) is 5.32 Å². The molecular weight excluding hydrogens is 265 g/mol. The molecule has 0 spiro atoms. The van der Waals surface area contributed by atoms with E-state index in [1.807, 2.05) is 13.8 Å². The van der Waals surface area contributed by atoms with Crippen molar-refractivity contribution in [3.8, 4) is 0 Å². The average Bonchev–Trinajstić information content (AvgIpc) is 2.40. The van der Waals surface area contributed by atoms with E-state index in [-0.39, 0.29) is 25.3 Å². The van der Waals surface area contributed by atoms with Gasteiger partial charge in [-0.2, -0.15) is 0 Å². The van der Waals surface area contributed by atoms with E-state index in [0.29, 0.717) is 19.0 Å². The van der Waals surface area contributed by atoms with Crippen molar-refractivity contribution in [1.29, 1.82) is 0 Å². The molecule has 0 aromatic carbocycles. The molecule has 0 saturated carbocycles. The van der Waals surface area contributed by atoms with Crippen LogP contribution < -0.4 is 5.32 Å². The van der Waals surface area contributed by atoms with Gasteiger partial charge >= 0.3 is 6.03 Å². The van der Waals surface area contributed by atoms with Crippen LogP contribution in [0, 0.1) is 5.82 Å². The van der Waals surface area contributed by atoms with Crippen LogP contribution in [0.2, 0.25) is 0 Å². The summed E-state index contributed by atoms with van der Waals surface area (Å²) >= 11 is 0. The second-order valence-corrected chi connectivity index (χ2v) is 4.41. The van der Waals surface area contributed by atoms with Crippen molar-refractivity contribution in [3.63, 3.8) is 0 Å². The average molecular weight is 285 g/mol. The van der Waals surface area contributed by atoms with Crippen LogP contribution >= 0.6 is 0 Å².